The van der Waals surface area contributed by atoms with Crippen LogP contribution in [0.5, 0.6) is 0 Å². The number of hydrogen-bond donors (Lipinski definition) is 1. The summed E-state index contributed by atoms with van der Waals surface area (Å²) in [5.74, 6) is 0.380. The molecule has 4 aromatic rings. The lowest BCUT2D eigenvalue weighted by atomic mass is 10.1. The first-order chi connectivity index (χ1) is 13.0. The molecule has 3 aromatic heterocycles. The van der Waals surface area contributed by atoms with E-state index in [0.717, 1.165) is 28.2 Å². The van der Waals surface area contributed by atoms with Gasteiger partial charge in [0, 0.05) is 17.8 Å². The number of nitrogens with zero attached hydrogens (tertiary/aromatic N) is 4. The first-order valence-corrected chi connectivity index (χ1v) is 9.24. The monoisotopic (exact) mass is 397 g/mol. The molecule has 1 N–H and O–H groups in total. The maximum Gasteiger partial charge on any atom is 0.225 e. The molecule has 4 rings (SSSR count). The third-order valence-electron chi connectivity index (χ3n) is 4.27. The van der Waals surface area contributed by atoms with Gasteiger partial charge in [-0.1, -0.05) is 59.1 Å². The smallest absolute Gasteiger partial charge is 0.225 e. The van der Waals surface area contributed by atoms with Gasteiger partial charge in [0.05, 0.1) is 17.9 Å². The molecule has 1 aromatic carbocycles. The van der Waals surface area contributed by atoms with Crippen LogP contribution in [0.2, 0.25) is 10.3 Å². The second kappa shape index (κ2) is 7.18. The zero-order valence-electron chi connectivity index (χ0n) is 14.9. The van der Waals surface area contributed by atoms with E-state index in [1.54, 1.807) is 0 Å². The molecule has 0 spiro atoms. The van der Waals surface area contributed by atoms with Crippen LogP contribution in [0.3, 0.4) is 0 Å². The highest BCUT2D eigenvalue weighted by Gasteiger charge is 2.15. The molecule has 27 heavy (non-hydrogen) atoms. The first kappa shape index (κ1) is 17.8. The van der Waals surface area contributed by atoms with E-state index in [4.69, 9.17) is 28.2 Å². The maximum atomic E-state index is 5.98. The molecule has 0 saturated carbocycles. The lowest BCUT2D eigenvalue weighted by Crippen LogP contribution is -2.07. The average Bonchev–Trinajstić information content (AvgIpc) is 2.97. The van der Waals surface area contributed by atoms with Crippen LogP contribution in [-0.4, -0.2) is 19.4 Å². The highest BCUT2D eigenvalue weighted by atomic mass is 35.5. The molecular weight excluding hydrogens is 381 g/mol. The number of pyridine rings is 1. The average molecular weight is 398 g/mol. The molecule has 3 heterocycles. The number of benzene rings is 1. The van der Waals surface area contributed by atoms with Crippen LogP contribution in [0.4, 0.5) is 5.95 Å². The minimum absolute atomic E-state index is 0.297. The van der Waals surface area contributed by atoms with Crippen LogP contribution in [0, 0.1) is 13.8 Å². The quantitative estimate of drug-likeness (QED) is 0.473. The van der Waals surface area contributed by atoms with Gasteiger partial charge >= 0.3 is 0 Å². The Morgan fingerprint density at radius 1 is 0.889 bits per heavy atom. The minimum atomic E-state index is 0.297. The zero-order chi connectivity index (χ0) is 19.0. The predicted molar refractivity (Wildman–Crippen MR) is 109 cm³/mol. The van der Waals surface area contributed by atoms with Gasteiger partial charge < -0.3 is 9.72 Å². The van der Waals surface area contributed by atoms with Gasteiger partial charge in [0.1, 0.15) is 16.0 Å². The van der Waals surface area contributed by atoms with E-state index in [-0.39, 0.29) is 0 Å². The van der Waals surface area contributed by atoms with E-state index in [0.29, 0.717) is 22.8 Å². The largest absolute Gasteiger partial charge is 0.348 e. The fourth-order valence-corrected chi connectivity index (χ4v) is 3.37. The molecule has 0 unspecified atom stereocenters. The first-order valence-electron chi connectivity index (χ1n) is 8.48. The Hall–Kier alpha value is -2.63. The zero-order valence-corrected chi connectivity index (χ0v) is 16.4. The van der Waals surface area contributed by atoms with Crippen molar-refractivity contribution >= 4 is 34.8 Å². The summed E-state index contributed by atoms with van der Waals surface area (Å²) in [6.45, 7) is 4.60. The van der Waals surface area contributed by atoms with E-state index in [1.165, 1.54) is 11.6 Å². The van der Waals surface area contributed by atoms with Gasteiger partial charge in [-0.3, -0.25) is 0 Å². The summed E-state index contributed by atoms with van der Waals surface area (Å²) >= 11 is 12.0. The van der Waals surface area contributed by atoms with Crippen molar-refractivity contribution in [2.24, 2.45) is 0 Å². The number of rotatable bonds is 4. The second-order valence-electron chi connectivity index (χ2n) is 6.40. The van der Waals surface area contributed by atoms with Crippen LogP contribution < -0.4 is 5.32 Å². The Morgan fingerprint density at radius 3 is 2.26 bits per heavy atom. The fourth-order valence-electron chi connectivity index (χ4n) is 2.94. The molecule has 0 amide bonds. The van der Waals surface area contributed by atoms with Crippen molar-refractivity contribution in [2.75, 3.05) is 5.32 Å². The lowest BCUT2D eigenvalue weighted by molar-refractivity contribution is 0.972. The number of halogens is 2. The molecule has 7 heteroatoms. The van der Waals surface area contributed by atoms with Gasteiger partial charge in [-0.2, -0.15) is 0 Å². The van der Waals surface area contributed by atoms with Crippen molar-refractivity contribution in [1.82, 2.24) is 19.4 Å². The Labute approximate surface area is 167 Å². The standard InChI is InChI=1S/C20H17Cl2N5/c1-12-3-6-14(7-4-12)19-15(27-11-13(2)5-8-18(27)26-19)10-23-20-24-16(21)9-17(22)25-20/h3-9,11H,10H2,1-2H3,(H,23,24,25). The van der Waals surface area contributed by atoms with E-state index >= 15 is 0 Å². The molecule has 0 atom stereocenters. The van der Waals surface area contributed by atoms with Gasteiger partial charge in [-0.05, 0) is 25.5 Å². The summed E-state index contributed by atoms with van der Waals surface area (Å²) in [5.41, 5.74) is 6.24. The summed E-state index contributed by atoms with van der Waals surface area (Å²) in [5, 5.41) is 3.80. The molecule has 0 aliphatic rings. The van der Waals surface area contributed by atoms with E-state index in [9.17, 15) is 0 Å². The molecule has 0 fully saturated rings. The summed E-state index contributed by atoms with van der Waals surface area (Å²) in [4.78, 5) is 13.2. The number of fused-ring (bicyclic) bond motifs is 1. The number of aromatic nitrogens is 4. The Kier molecular flexibility index (Phi) is 4.72. The maximum absolute atomic E-state index is 5.98. The Bertz CT molecular complexity index is 1100. The number of aryl methyl sites for hydroxylation is 2. The van der Waals surface area contributed by atoms with Crippen LogP contribution >= 0.6 is 23.2 Å². The summed E-state index contributed by atoms with van der Waals surface area (Å²) < 4.78 is 2.09. The number of hydrogen-bond acceptors (Lipinski definition) is 4. The van der Waals surface area contributed by atoms with Crippen LogP contribution in [0.15, 0.2) is 48.7 Å². The third-order valence-corrected chi connectivity index (χ3v) is 4.66. The summed E-state index contributed by atoms with van der Waals surface area (Å²) in [7, 11) is 0. The van der Waals surface area contributed by atoms with Crippen molar-refractivity contribution in [3.63, 3.8) is 0 Å². The van der Waals surface area contributed by atoms with Crippen LogP contribution in [-0.2, 0) is 6.54 Å². The molecule has 5 nitrogen and oxygen atoms in total. The summed E-state index contributed by atoms with van der Waals surface area (Å²) in [6, 6.07) is 13.9. The van der Waals surface area contributed by atoms with Crippen molar-refractivity contribution in [1.29, 1.82) is 0 Å². The number of imidazole rings is 1. The molecule has 0 aliphatic carbocycles. The topological polar surface area (TPSA) is 55.1 Å². The third kappa shape index (κ3) is 3.75. The number of nitrogens with one attached hydrogen (secondary N) is 1. The highest BCUT2D eigenvalue weighted by Crippen LogP contribution is 2.26. The Morgan fingerprint density at radius 2 is 1.56 bits per heavy atom. The van der Waals surface area contributed by atoms with Crippen LogP contribution in [0.1, 0.15) is 16.8 Å². The van der Waals surface area contributed by atoms with Crippen LogP contribution in [0.25, 0.3) is 16.9 Å². The lowest BCUT2D eigenvalue weighted by Gasteiger charge is -2.09. The normalized spacial score (nSPS) is 11.1. The van der Waals surface area contributed by atoms with E-state index in [2.05, 4.69) is 70.1 Å². The summed E-state index contributed by atoms with van der Waals surface area (Å²) in [6.07, 6.45) is 2.07. The molecule has 0 saturated heterocycles. The van der Waals surface area contributed by atoms with Gasteiger partial charge in [-0.25, -0.2) is 15.0 Å². The molecule has 136 valence electrons. The number of anilines is 1. The van der Waals surface area contributed by atoms with Gasteiger partial charge in [-0.15, -0.1) is 0 Å². The molecule has 0 aliphatic heterocycles. The molecule has 0 radical (unpaired) electrons. The predicted octanol–water partition coefficient (Wildman–Crippen LogP) is 5.33. The van der Waals surface area contributed by atoms with Gasteiger partial charge in [0.2, 0.25) is 5.95 Å². The SMILES string of the molecule is Cc1ccc(-c2nc3ccc(C)cn3c2CNc2nc(Cl)cc(Cl)n2)cc1. The Balaban J connectivity index is 1.78. The highest BCUT2D eigenvalue weighted by molar-refractivity contribution is 6.33. The van der Waals surface area contributed by atoms with E-state index < -0.39 is 0 Å². The molecule has 0 bridgehead atoms. The molecular formula is C20H17Cl2N5. The minimum Gasteiger partial charge on any atom is -0.348 e. The van der Waals surface area contributed by atoms with Gasteiger partial charge in [0.15, 0.2) is 0 Å². The van der Waals surface area contributed by atoms with E-state index in [1.807, 2.05) is 6.07 Å². The van der Waals surface area contributed by atoms with Crippen molar-refractivity contribution < 1.29 is 0 Å². The van der Waals surface area contributed by atoms with Gasteiger partial charge in [0.25, 0.3) is 0 Å². The van der Waals surface area contributed by atoms with Crippen molar-refractivity contribution in [3.8, 4) is 11.3 Å². The second-order valence-corrected chi connectivity index (χ2v) is 7.17. The van der Waals surface area contributed by atoms with Crippen molar-refractivity contribution in [3.05, 3.63) is 75.8 Å². The van der Waals surface area contributed by atoms with Crippen molar-refractivity contribution in [2.45, 2.75) is 20.4 Å². The fraction of sp³-hybridized carbons (Fsp3) is 0.150.